The van der Waals surface area contributed by atoms with Crippen molar-refractivity contribution in [3.63, 3.8) is 0 Å². The molecule has 0 radical (unpaired) electrons. The topological polar surface area (TPSA) is 98.7 Å². The Labute approximate surface area is 169 Å². The number of benzene rings is 1. The van der Waals surface area contributed by atoms with Crippen molar-refractivity contribution in [2.75, 3.05) is 0 Å². The predicted molar refractivity (Wildman–Crippen MR) is 112 cm³/mol. The summed E-state index contributed by atoms with van der Waals surface area (Å²) < 4.78 is 0. The Morgan fingerprint density at radius 1 is 1.04 bits per heavy atom. The number of unbranched alkanes of at least 4 members (excludes halogenated alkanes) is 3. The van der Waals surface area contributed by atoms with E-state index in [1.807, 2.05) is 44.2 Å². The molecule has 4 N–H and O–H groups in total. The van der Waals surface area contributed by atoms with Crippen LogP contribution in [0, 0.1) is 5.92 Å². The van der Waals surface area contributed by atoms with Crippen molar-refractivity contribution in [3.05, 3.63) is 35.9 Å². The van der Waals surface area contributed by atoms with Gasteiger partial charge in [-0.25, -0.2) is 0 Å². The van der Waals surface area contributed by atoms with Gasteiger partial charge < -0.3 is 20.7 Å². The molecule has 1 aromatic carbocycles. The zero-order valence-corrected chi connectivity index (χ0v) is 17.4. The van der Waals surface area contributed by atoms with Gasteiger partial charge in [0.25, 0.3) is 0 Å². The lowest BCUT2D eigenvalue weighted by Gasteiger charge is -2.24. The van der Waals surface area contributed by atoms with Crippen LogP contribution in [0.5, 0.6) is 0 Å². The van der Waals surface area contributed by atoms with Gasteiger partial charge in [-0.05, 0) is 24.3 Å². The summed E-state index contributed by atoms with van der Waals surface area (Å²) in [5.41, 5.74) is 0.930. The van der Waals surface area contributed by atoms with Gasteiger partial charge >= 0.3 is 7.12 Å². The van der Waals surface area contributed by atoms with E-state index >= 15 is 0 Å². The smallest absolute Gasteiger partial charge is 0.426 e. The number of nitrogens with one attached hydrogen (secondary N) is 2. The van der Waals surface area contributed by atoms with Gasteiger partial charge in [-0.3, -0.25) is 9.59 Å². The first-order valence-corrected chi connectivity index (χ1v) is 10.3. The fourth-order valence-corrected chi connectivity index (χ4v) is 3.08. The summed E-state index contributed by atoms with van der Waals surface area (Å²) in [4.78, 5) is 25.1. The molecule has 0 aliphatic carbocycles. The molecular formula is C21H35BN2O4. The summed E-state index contributed by atoms with van der Waals surface area (Å²) in [6.07, 6.45) is 5.15. The predicted octanol–water partition coefficient (Wildman–Crippen LogP) is 2.23. The molecule has 0 spiro atoms. The van der Waals surface area contributed by atoms with Crippen molar-refractivity contribution in [2.45, 2.75) is 77.7 Å². The average molecular weight is 390 g/mol. The maximum absolute atomic E-state index is 12.8. The second kappa shape index (κ2) is 13.3. The van der Waals surface area contributed by atoms with E-state index in [0.29, 0.717) is 19.3 Å². The molecule has 0 heterocycles. The first kappa shape index (κ1) is 24.2. The Bertz CT molecular complexity index is 581. The van der Waals surface area contributed by atoms with E-state index in [0.717, 1.165) is 31.2 Å². The van der Waals surface area contributed by atoms with Crippen LogP contribution in [0.25, 0.3) is 0 Å². The highest BCUT2D eigenvalue weighted by Gasteiger charge is 2.29. The first-order chi connectivity index (χ1) is 13.3. The van der Waals surface area contributed by atoms with Gasteiger partial charge in [0.1, 0.15) is 6.04 Å². The summed E-state index contributed by atoms with van der Waals surface area (Å²) >= 11 is 0. The zero-order valence-electron chi connectivity index (χ0n) is 17.4. The third-order valence-corrected chi connectivity index (χ3v) is 4.60. The molecule has 156 valence electrons. The second-order valence-electron chi connectivity index (χ2n) is 7.78. The highest BCUT2D eigenvalue weighted by molar-refractivity contribution is 6.43. The van der Waals surface area contributed by atoms with Gasteiger partial charge in [0.2, 0.25) is 11.8 Å². The number of rotatable bonds is 13. The summed E-state index contributed by atoms with van der Waals surface area (Å²) in [6, 6.07) is 8.71. The summed E-state index contributed by atoms with van der Waals surface area (Å²) in [5, 5.41) is 24.7. The Kier molecular flexibility index (Phi) is 11.5. The fraction of sp³-hybridized carbons (Fsp3) is 0.619. The van der Waals surface area contributed by atoms with Crippen LogP contribution in [-0.4, -0.2) is 41.0 Å². The van der Waals surface area contributed by atoms with Crippen LogP contribution >= 0.6 is 0 Å². The molecule has 0 unspecified atom stereocenters. The van der Waals surface area contributed by atoms with E-state index in [-0.39, 0.29) is 11.8 Å². The van der Waals surface area contributed by atoms with Gasteiger partial charge in [0.15, 0.2) is 0 Å². The van der Waals surface area contributed by atoms with Crippen LogP contribution in [0.1, 0.15) is 64.9 Å². The Morgan fingerprint density at radius 2 is 1.71 bits per heavy atom. The van der Waals surface area contributed by atoms with Crippen LogP contribution < -0.4 is 10.6 Å². The minimum Gasteiger partial charge on any atom is -0.426 e. The average Bonchev–Trinajstić information content (AvgIpc) is 2.64. The van der Waals surface area contributed by atoms with Crippen LogP contribution in [0.4, 0.5) is 0 Å². The van der Waals surface area contributed by atoms with E-state index < -0.39 is 25.0 Å². The zero-order chi connectivity index (χ0) is 20.9. The van der Waals surface area contributed by atoms with Crippen LogP contribution in [0.3, 0.4) is 0 Å². The minimum atomic E-state index is -1.64. The van der Waals surface area contributed by atoms with E-state index in [4.69, 9.17) is 0 Å². The summed E-state index contributed by atoms with van der Waals surface area (Å²) in [7, 11) is -1.64. The van der Waals surface area contributed by atoms with Crippen LogP contribution in [-0.2, 0) is 16.0 Å². The largest absolute Gasteiger partial charge is 0.475 e. The molecule has 0 aliphatic rings. The highest BCUT2D eigenvalue weighted by Crippen LogP contribution is 2.09. The molecular weight excluding hydrogens is 355 g/mol. The molecule has 7 heteroatoms. The van der Waals surface area contributed by atoms with Crippen molar-refractivity contribution >= 4 is 18.9 Å². The van der Waals surface area contributed by atoms with Gasteiger partial charge in [-0.15, -0.1) is 0 Å². The molecule has 6 nitrogen and oxygen atoms in total. The number of amides is 2. The van der Waals surface area contributed by atoms with E-state index in [1.165, 1.54) is 0 Å². The molecule has 0 aliphatic heterocycles. The van der Waals surface area contributed by atoms with Crippen LogP contribution in [0.15, 0.2) is 30.3 Å². The van der Waals surface area contributed by atoms with E-state index in [2.05, 4.69) is 17.6 Å². The number of carbonyl (C=O) groups is 2. The Balaban J connectivity index is 2.77. The minimum absolute atomic E-state index is 0.155. The normalized spacial score (nSPS) is 13.1. The quantitative estimate of drug-likeness (QED) is 0.307. The molecule has 0 saturated heterocycles. The maximum Gasteiger partial charge on any atom is 0.475 e. The van der Waals surface area contributed by atoms with Crippen LogP contribution in [0.2, 0.25) is 0 Å². The Morgan fingerprint density at radius 3 is 2.29 bits per heavy atom. The van der Waals surface area contributed by atoms with Gasteiger partial charge in [0, 0.05) is 12.8 Å². The lowest BCUT2D eigenvalue weighted by molar-refractivity contribution is -0.129. The molecule has 2 amide bonds. The number of carbonyl (C=O) groups excluding carboxylic acids is 2. The SMILES string of the molecule is CCCCCCC(=O)N[C@@H](Cc1ccccc1)C(=O)N[C@@H](CC(C)C)B(O)O. The fourth-order valence-electron chi connectivity index (χ4n) is 3.08. The first-order valence-electron chi connectivity index (χ1n) is 10.3. The maximum atomic E-state index is 12.8. The summed E-state index contributed by atoms with van der Waals surface area (Å²) in [6.45, 7) is 6.01. The van der Waals surface area contributed by atoms with Crippen molar-refractivity contribution in [3.8, 4) is 0 Å². The number of hydrogen-bond donors (Lipinski definition) is 4. The third kappa shape index (κ3) is 9.90. The van der Waals surface area contributed by atoms with E-state index in [9.17, 15) is 19.6 Å². The van der Waals surface area contributed by atoms with Crippen molar-refractivity contribution in [1.82, 2.24) is 10.6 Å². The molecule has 0 saturated carbocycles. The van der Waals surface area contributed by atoms with Crippen molar-refractivity contribution < 1.29 is 19.6 Å². The molecule has 0 bridgehead atoms. The van der Waals surface area contributed by atoms with E-state index in [1.54, 1.807) is 0 Å². The highest BCUT2D eigenvalue weighted by atomic mass is 16.4. The molecule has 28 heavy (non-hydrogen) atoms. The van der Waals surface area contributed by atoms with Gasteiger partial charge in [-0.2, -0.15) is 0 Å². The molecule has 0 aromatic heterocycles. The van der Waals surface area contributed by atoms with Crippen molar-refractivity contribution in [2.24, 2.45) is 5.92 Å². The van der Waals surface area contributed by atoms with Gasteiger partial charge in [-0.1, -0.05) is 70.4 Å². The lowest BCUT2D eigenvalue weighted by atomic mass is 9.75. The molecule has 1 rings (SSSR count). The number of hydrogen-bond acceptors (Lipinski definition) is 4. The molecule has 1 aromatic rings. The standard InChI is InChI=1S/C21H35BN2O4/c1-4-5-6-10-13-20(25)23-18(15-17-11-8-7-9-12-17)21(26)24-19(22(27)28)14-16(2)3/h7-9,11-12,16,18-19,27-28H,4-6,10,13-15H2,1-3H3,(H,23,25)(H,24,26)/t18-,19-/m0/s1. The monoisotopic (exact) mass is 390 g/mol. The third-order valence-electron chi connectivity index (χ3n) is 4.60. The van der Waals surface area contributed by atoms with Crippen molar-refractivity contribution in [1.29, 1.82) is 0 Å². The molecule has 0 fully saturated rings. The Hall–Kier alpha value is -1.86. The lowest BCUT2D eigenvalue weighted by Crippen LogP contribution is -2.55. The summed E-state index contributed by atoms with van der Waals surface area (Å²) in [5.74, 6) is -1.14. The van der Waals surface area contributed by atoms with Gasteiger partial charge in [0.05, 0.1) is 5.94 Å². The molecule has 2 atom stereocenters. The second-order valence-corrected chi connectivity index (χ2v) is 7.78.